The minimum atomic E-state index is -5.12. The standard InChI is InChI=1S/C7H2ClF4NO/c8-5-1-3(4(9)2-13-5)6(14)7(10,11)12/h1-2H. The number of ketones is 1. The molecule has 0 radical (unpaired) electrons. The van der Waals surface area contributed by atoms with Gasteiger partial charge in [0.1, 0.15) is 5.15 Å². The normalized spacial score (nSPS) is 11.5. The van der Waals surface area contributed by atoms with Crippen LogP contribution in [0.2, 0.25) is 5.15 Å². The van der Waals surface area contributed by atoms with E-state index in [9.17, 15) is 22.4 Å². The zero-order valence-electron chi connectivity index (χ0n) is 6.40. The molecule has 0 spiro atoms. The second-order valence-corrected chi connectivity index (χ2v) is 2.70. The Labute approximate surface area is 80.5 Å². The quantitative estimate of drug-likeness (QED) is 0.419. The summed E-state index contributed by atoms with van der Waals surface area (Å²) in [6.07, 6.45) is -4.66. The van der Waals surface area contributed by atoms with Crippen LogP contribution in [0.15, 0.2) is 12.3 Å². The van der Waals surface area contributed by atoms with Gasteiger partial charge in [-0.1, -0.05) is 11.6 Å². The fourth-order valence-corrected chi connectivity index (χ4v) is 0.898. The zero-order chi connectivity index (χ0) is 10.9. The van der Waals surface area contributed by atoms with Crippen LogP contribution >= 0.6 is 11.6 Å². The van der Waals surface area contributed by atoms with Crippen molar-refractivity contribution in [1.29, 1.82) is 0 Å². The van der Waals surface area contributed by atoms with Gasteiger partial charge in [0.2, 0.25) is 0 Å². The van der Waals surface area contributed by atoms with Gasteiger partial charge in [0.05, 0.1) is 11.8 Å². The van der Waals surface area contributed by atoms with E-state index in [0.29, 0.717) is 12.3 Å². The molecule has 0 amide bonds. The highest BCUT2D eigenvalue weighted by Gasteiger charge is 2.40. The lowest BCUT2D eigenvalue weighted by Gasteiger charge is -2.05. The van der Waals surface area contributed by atoms with Crippen LogP contribution in [0.1, 0.15) is 10.4 Å². The molecule has 1 aromatic heterocycles. The van der Waals surface area contributed by atoms with Crippen LogP contribution in [0.4, 0.5) is 17.6 Å². The van der Waals surface area contributed by atoms with Crippen molar-refractivity contribution < 1.29 is 22.4 Å². The first-order chi connectivity index (χ1) is 6.32. The van der Waals surface area contributed by atoms with Crippen LogP contribution in [0.25, 0.3) is 0 Å². The molecule has 76 valence electrons. The topological polar surface area (TPSA) is 30.0 Å². The fraction of sp³-hybridized carbons (Fsp3) is 0.143. The predicted octanol–water partition coefficient (Wildman–Crippen LogP) is 2.62. The van der Waals surface area contributed by atoms with Gasteiger partial charge in [-0.2, -0.15) is 13.2 Å². The van der Waals surface area contributed by atoms with Gasteiger partial charge in [-0.15, -0.1) is 0 Å². The maximum Gasteiger partial charge on any atom is 0.454 e. The molecular formula is C7H2ClF4NO. The Morgan fingerprint density at radius 3 is 2.50 bits per heavy atom. The van der Waals surface area contributed by atoms with E-state index in [1.165, 1.54) is 0 Å². The molecule has 0 atom stereocenters. The molecule has 0 aliphatic rings. The number of carbonyl (C=O) groups excluding carboxylic acids is 1. The summed E-state index contributed by atoms with van der Waals surface area (Å²) >= 11 is 5.21. The lowest BCUT2D eigenvalue weighted by atomic mass is 10.1. The van der Waals surface area contributed by atoms with Crippen LogP contribution in [0.3, 0.4) is 0 Å². The van der Waals surface area contributed by atoms with Crippen LogP contribution in [-0.2, 0) is 0 Å². The average molecular weight is 228 g/mol. The van der Waals surface area contributed by atoms with Crippen molar-refractivity contribution >= 4 is 17.4 Å². The number of alkyl halides is 3. The molecule has 0 saturated carbocycles. The van der Waals surface area contributed by atoms with Crippen molar-refractivity contribution in [2.45, 2.75) is 6.18 Å². The molecule has 1 aromatic rings. The number of hydrogen-bond donors (Lipinski definition) is 0. The van der Waals surface area contributed by atoms with Crippen molar-refractivity contribution in [1.82, 2.24) is 4.98 Å². The van der Waals surface area contributed by atoms with E-state index in [2.05, 4.69) is 4.98 Å². The molecule has 7 heteroatoms. The number of Topliss-reactive ketones (excluding diaryl/α,β-unsaturated/α-hetero) is 1. The van der Waals surface area contributed by atoms with E-state index in [1.807, 2.05) is 0 Å². The molecule has 0 saturated heterocycles. The first kappa shape index (κ1) is 10.9. The number of hydrogen-bond acceptors (Lipinski definition) is 2. The average Bonchev–Trinajstić information content (AvgIpc) is 2.06. The maximum absolute atomic E-state index is 12.7. The highest BCUT2D eigenvalue weighted by Crippen LogP contribution is 2.23. The molecule has 0 aromatic carbocycles. The number of halogens is 5. The zero-order valence-corrected chi connectivity index (χ0v) is 7.16. The SMILES string of the molecule is O=C(c1cc(Cl)ncc1F)C(F)(F)F. The summed E-state index contributed by atoms with van der Waals surface area (Å²) in [7, 11) is 0. The van der Waals surface area contributed by atoms with Crippen molar-refractivity contribution in [3.05, 3.63) is 28.8 Å². The van der Waals surface area contributed by atoms with Crippen molar-refractivity contribution in [2.75, 3.05) is 0 Å². The lowest BCUT2D eigenvalue weighted by molar-refractivity contribution is -0.0887. The maximum atomic E-state index is 12.7. The van der Waals surface area contributed by atoms with Crippen molar-refractivity contribution in [3.63, 3.8) is 0 Å². The van der Waals surface area contributed by atoms with Gasteiger partial charge in [0, 0.05) is 0 Å². The number of pyridine rings is 1. The third-order valence-corrected chi connectivity index (χ3v) is 1.53. The molecular weight excluding hydrogens is 226 g/mol. The second-order valence-electron chi connectivity index (χ2n) is 2.31. The minimum absolute atomic E-state index is 0.376. The molecule has 0 N–H and O–H groups in total. The van der Waals surface area contributed by atoms with E-state index in [0.717, 1.165) is 0 Å². The fourth-order valence-electron chi connectivity index (χ4n) is 0.740. The van der Waals surface area contributed by atoms with Gasteiger partial charge in [0.15, 0.2) is 5.82 Å². The molecule has 2 nitrogen and oxygen atoms in total. The molecule has 0 bridgehead atoms. The molecule has 0 aliphatic heterocycles. The highest BCUT2D eigenvalue weighted by atomic mass is 35.5. The van der Waals surface area contributed by atoms with E-state index in [4.69, 9.17) is 11.6 Å². The first-order valence-corrected chi connectivity index (χ1v) is 3.62. The number of carbonyl (C=O) groups is 1. The molecule has 0 fully saturated rings. The van der Waals surface area contributed by atoms with Gasteiger partial charge >= 0.3 is 6.18 Å². The van der Waals surface area contributed by atoms with E-state index in [-0.39, 0.29) is 5.15 Å². The van der Waals surface area contributed by atoms with Gasteiger partial charge in [-0.25, -0.2) is 9.37 Å². The van der Waals surface area contributed by atoms with E-state index < -0.39 is 23.3 Å². The summed E-state index contributed by atoms with van der Waals surface area (Å²) in [5, 5.41) is -0.376. The highest BCUT2D eigenvalue weighted by molar-refractivity contribution is 6.29. The second kappa shape index (κ2) is 3.53. The number of rotatable bonds is 1. The summed E-state index contributed by atoms with van der Waals surface area (Å²) in [5.74, 6) is -3.63. The van der Waals surface area contributed by atoms with Gasteiger partial charge in [0.25, 0.3) is 5.78 Å². The van der Waals surface area contributed by atoms with Crippen molar-refractivity contribution in [3.8, 4) is 0 Å². The minimum Gasteiger partial charge on any atom is -0.284 e. The smallest absolute Gasteiger partial charge is 0.284 e. The Morgan fingerprint density at radius 2 is 2.00 bits per heavy atom. The summed E-state index contributed by atoms with van der Waals surface area (Å²) in [6.45, 7) is 0. The lowest BCUT2D eigenvalue weighted by Crippen LogP contribution is -2.23. The predicted molar refractivity (Wildman–Crippen MR) is 39.6 cm³/mol. The molecule has 1 rings (SSSR count). The number of nitrogens with zero attached hydrogens (tertiary/aromatic N) is 1. The molecule has 1 heterocycles. The Balaban J connectivity index is 3.19. The van der Waals surface area contributed by atoms with E-state index >= 15 is 0 Å². The van der Waals surface area contributed by atoms with E-state index in [1.54, 1.807) is 0 Å². The summed E-state index contributed by atoms with van der Waals surface area (Å²) < 4.78 is 48.3. The Kier molecular flexibility index (Phi) is 2.75. The Morgan fingerprint density at radius 1 is 1.43 bits per heavy atom. The first-order valence-electron chi connectivity index (χ1n) is 3.25. The number of aromatic nitrogens is 1. The summed E-state index contributed by atoms with van der Waals surface area (Å²) in [5.41, 5.74) is -1.13. The third kappa shape index (κ3) is 2.20. The third-order valence-electron chi connectivity index (χ3n) is 1.32. The van der Waals surface area contributed by atoms with Crippen LogP contribution in [0, 0.1) is 5.82 Å². The summed E-state index contributed by atoms with van der Waals surface area (Å²) in [4.78, 5) is 13.8. The van der Waals surface area contributed by atoms with Gasteiger partial charge in [-0.3, -0.25) is 4.79 Å². The molecule has 14 heavy (non-hydrogen) atoms. The van der Waals surface area contributed by atoms with Crippen LogP contribution in [0.5, 0.6) is 0 Å². The van der Waals surface area contributed by atoms with Crippen molar-refractivity contribution in [2.24, 2.45) is 0 Å². The van der Waals surface area contributed by atoms with Crippen LogP contribution in [-0.4, -0.2) is 16.9 Å². The monoisotopic (exact) mass is 227 g/mol. The molecule has 0 unspecified atom stereocenters. The van der Waals surface area contributed by atoms with Crippen LogP contribution < -0.4 is 0 Å². The van der Waals surface area contributed by atoms with Gasteiger partial charge in [-0.05, 0) is 6.07 Å². The largest absolute Gasteiger partial charge is 0.454 e. The summed E-state index contributed by atoms with van der Waals surface area (Å²) in [6, 6.07) is 0.534. The Bertz CT molecular complexity index is 376. The van der Waals surface area contributed by atoms with Gasteiger partial charge < -0.3 is 0 Å². The molecule has 0 aliphatic carbocycles. The Hall–Kier alpha value is -1.17.